The molecule has 0 spiro atoms. The second kappa shape index (κ2) is 7.68. The molecule has 0 bridgehead atoms. The summed E-state index contributed by atoms with van der Waals surface area (Å²) >= 11 is 5.96. The van der Waals surface area contributed by atoms with Crippen molar-refractivity contribution >= 4 is 40.5 Å². The third-order valence-electron chi connectivity index (χ3n) is 3.50. The molecule has 3 N–H and O–H groups in total. The standard InChI is InChI=1S/C19H17ClN4O/c1-13-11-14(20)7-9-17(13)24-18-10-8-16(12-21-18)23-19(25)22-15-5-3-2-4-6-15/h2-12H,1H3,(H,21,24)(H2,22,23,25). The van der Waals surface area contributed by atoms with Crippen molar-refractivity contribution < 1.29 is 4.79 Å². The SMILES string of the molecule is Cc1cc(Cl)ccc1Nc1ccc(NC(=O)Nc2ccccc2)cn1. The number of rotatable bonds is 4. The number of hydrogen-bond donors (Lipinski definition) is 3. The third-order valence-corrected chi connectivity index (χ3v) is 3.74. The molecule has 5 nitrogen and oxygen atoms in total. The van der Waals surface area contributed by atoms with E-state index in [0.29, 0.717) is 16.5 Å². The Morgan fingerprint density at radius 2 is 1.72 bits per heavy atom. The van der Waals surface area contributed by atoms with E-state index in [1.165, 1.54) is 0 Å². The maximum Gasteiger partial charge on any atom is 0.323 e. The molecule has 6 heteroatoms. The number of nitrogens with zero attached hydrogens (tertiary/aromatic N) is 1. The molecule has 0 aliphatic rings. The lowest BCUT2D eigenvalue weighted by Gasteiger charge is -2.10. The fourth-order valence-corrected chi connectivity index (χ4v) is 2.49. The largest absolute Gasteiger partial charge is 0.340 e. The molecule has 0 aliphatic heterocycles. The summed E-state index contributed by atoms with van der Waals surface area (Å²) in [6, 6.07) is 18.1. The van der Waals surface area contributed by atoms with Crippen LogP contribution in [-0.4, -0.2) is 11.0 Å². The number of amides is 2. The first-order valence-electron chi connectivity index (χ1n) is 7.72. The van der Waals surface area contributed by atoms with Crippen LogP contribution in [0.5, 0.6) is 0 Å². The number of nitrogens with one attached hydrogen (secondary N) is 3. The Kier molecular flexibility index (Phi) is 5.16. The molecule has 2 aromatic carbocycles. The molecule has 126 valence electrons. The Morgan fingerprint density at radius 3 is 2.40 bits per heavy atom. The Morgan fingerprint density at radius 1 is 0.960 bits per heavy atom. The van der Waals surface area contributed by atoms with Gasteiger partial charge in [-0.15, -0.1) is 0 Å². The van der Waals surface area contributed by atoms with Crippen molar-refractivity contribution in [2.45, 2.75) is 6.92 Å². The van der Waals surface area contributed by atoms with Crippen molar-refractivity contribution in [3.05, 3.63) is 77.4 Å². The zero-order chi connectivity index (χ0) is 17.6. The van der Waals surface area contributed by atoms with Gasteiger partial charge in [-0.1, -0.05) is 29.8 Å². The van der Waals surface area contributed by atoms with Crippen molar-refractivity contribution in [1.29, 1.82) is 0 Å². The summed E-state index contributed by atoms with van der Waals surface area (Å²) in [6.45, 7) is 1.97. The maximum atomic E-state index is 12.0. The predicted octanol–water partition coefficient (Wildman–Crippen LogP) is 5.43. The second-order valence-electron chi connectivity index (χ2n) is 5.46. The van der Waals surface area contributed by atoms with Gasteiger partial charge in [0.1, 0.15) is 5.82 Å². The van der Waals surface area contributed by atoms with E-state index in [4.69, 9.17) is 11.6 Å². The summed E-state index contributed by atoms with van der Waals surface area (Å²) in [5.74, 6) is 0.680. The van der Waals surface area contributed by atoms with Crippen LogP contribution in [0.3, 0.4) is 0 Å². The number of halogens is 1. The van der Waals surface area contributed by atoms with Gasteiger partial charge < -0.3 is 16.0 Å². The average Bonchev–Trinajstić information content (AvgIpc) is 2.60. The van der Waals surface area contributed by atoms with Gasteiger partial charge in [0.05, 0.1) is 11.9 Å². The number of hydrogen-bond acceptors (Lipinski definition) is 3. The van der Waals surface area contributed by atoms with Crippen molar-refractivity contribution in [2.75, 3.05) is 16.0 Å². The molecule has 3 aromatic rings. The fraction of sp³-hybridized carbons (Fsp3) is 0.0526. The summed E-state index contributed by atoms with van der Waals surface area (Å²) in [6.07, 6.45) is 1.60. The monoisotopic (exact) mass is 352 g/mol. The van der Waals surface area contributed by atoms with E-state index >= 15 is 0 Å². The van der Waals surface area contributed by atoms with E-state index < -0.39 is 0 Å². The molecule has 3 rings (SSSR count). The highest BCUT2D eigenvalue weighted by Gasteiger charge is 2.04. The number of para-hydroxylation sites is 1. The topological polar surface area (TPSA) is 66.0 Å². The Balaban J connectivity index is 1.61. The number of urea groups is 1. The molecule has 1 heterocycles. The predicted molar refractivity (Wildman–Crippen MR) is 103 cm³/mol. The van der Waals surface area contributed by atoms with Crippen LogP contribution in [0, 0.1) is 6.92 Å². The van der Waals surface area contributed by atoms with Crippen molar-refractivity contribution in [3.63, 3.8) is 0 Å². The highest BCUT2D eigenvalue weighted by molar-refractivity contribution is 6.30. The Bertz CT molecular complexity index is 866. The van der Waals surface area contributed by atoms with E-state index in [2.05, 4.69) is 20.9 Å². The first-order chi connectivity index (χ1) is 12.1. The number of aryl methyl sites for hydroxylation is 1. The van der Waals surface area contributed by atoms with Gasteiger partial charge in [-0.25, -0.2) is 9.78 Å². The first-order valence-corrected chi connectivity index (χ1v) is 8.10. The van der Waals surface area contributed by atoms with Crippen LogP contribution in [-0.2, 0) is 0 Å². The molecule has 0 unspecified atom stereocenters. The van der Waals surface area contributed by atoms with Gasteiger partial charge in [-0.05, 0) is 55.0 Å². The van der Waals surface area contributed by atoms with Gasteiger partial charge in [0.2, 0.25) is 0 Å². The highest BCUT2D eigenvalue weighted by atomic mass is 35.5. The molecule has 0 radical (unpaired) electrons. The highest BCUT2D eigenvalue weighted by Crippen LogP contribution is 2.23. The zero-order valence-electron chi connectivity index (χ0n) is 13.6. The Hall–Kier alpha value is -3.05. The molecular formula is C19H17ClN4O. The molecule has 0 atom stereocenters. The number of carbonyl (C=O) groups is 1. The van der Waals surface area contributed by atoms with E-state index in [1.54, 1.807) is 18.3 Å². The third kappa shape index (κ3) is 4.71. The lowest BCUT2D eigenvalue weighted by atomic mass is 10.2. The molecule has 0 saturated heterocycles. The molecule has 0 fully saturated rings. The van der Waals surface area contributed by atoms with Crippen LogP contribution in [0.25, 0.3) is 0 Å². The van der Waals surface area contributed by atoms with Crippen LogP contribution < -0.4 is 16.0 Å². The minimum Gasteiger partial charge on any atom is -0.340 e. The number of aromatic nitrogens is 1. The van der Waals surface area contributed by atoms with Crippen molar-refractivity contribution in [1.82, 2.24) is 4.98 Å². The lowest BCUT2D eigenvalue weighted by Crippen LogP contribution is -2.19. The number of benzene rings is 2. The van der Waals surface area contributed by atoms with E-state index in [9.17, 15) is 4.79 Å². The molecule has 0 aliphatic carbocycles. The van der Waals surface area contributed by atoms with E-state index in [-0.39, 0.29) is 6.03 Å². The van der Waals surface area contributed by atoms with Crippen LogP contribution in [0.15, 0.2) is 66.9 Å². The summed E-state index contributed by atoms with van der Waals surface area (Å²) in [7, 11) is 0. The van der Waals surface area contributed by atoms with E-state index in [0.717, 1.165) is 16.9 Å². The zero-order valence-corrected chi connectivity index (χ0v) is 14.3. The summed E-state index contributed by atoms with van der Waals surface area (Å²) in [5, 5.41) is 9.41. The molecule has 1 aromatic heterocycles. The van der Waals surface area contributed by atoms with Crippen LogP contribution >= 0.6 is 11.6 Å². The minimum absolute atomic E-state index is 0.317. The van der Waals surface area contributed by atoms with Gasteiger partial charge in [-0.3, -0.25) is 0 Å². The molecular weight excluding hydrogens is 336 g/mol. The molecule has 25 heavy (non-hydrogen) atoms. The van der Waals surface area contributed by atoms with Gasteiger partial charge in [0.15, 0.2) is 0 Å². The van der Waals surface area contributed by atoms with Crippen LogP contribution in [0.1, 0.15) is 5.56 Å². The van der Waals surface area contributed by atoms with Crippen molar-refractivity contribution in [2.24, 2.45) is 0 Å². The van der Waals surface area contributed by atoms with Gasteiger partial charge in [0, 0.05) is 16.4 Å². The van der Waals surface area contributed by atoms with Gasteiger partial charge in [0.25, 0.3) is 0 Å². The maximum absolute atomic E-state index is 12.0. The summed E-state index contributed by atoms with van der Waals surface area (Å²) in [4.78, 5) is 16.3. The lowest BCUT2D eigenvalue weighted by molar-refractivity contribution is 0.262. The van der Waals surface area contributed by atoms with Gasteiger partial charge >= 0.3 is 6.03 Å². The minimum atomic E-state index is -0.317. The average molecular weight is 353 g/mol. The normalized spacial score (nSPS) is 10.2. The fourth-order valence-electron chi connectivity index (χ4n) is 2.26. The number of anilines is 4. The van der Waals surface area contributed by atoms with Crippen LogP contribution in [0.4, 0.5) is 27.7 Å². The van der Waals surface area contributed by atoms with Gasteiger partial charge in [-0.2, -0.15) is 0 Å². The van der Waals surface area contributed by atoms with Crippen LogP contribution in [0.2, 0.25) is 5.02 Å². The van der Waals surface area contributed by atoms with Crippen molar-refractivity contribution in [3.8, 4) is 0 Å². The summed E-state index contributed by atoms with van der Waals surface area (Å²) in [5.41, 5.74) is 3.29. The quantitative estimate of drug-likeness (QED) is 0.586. The first kappa shape index (κ1) is 16.8. The smallest absolute Gasteiger partial charge is 0.323 e. The van der Waals surface area contributed by atoms with E-state index in [1.807, 2.05) is 55.5 Å². The summed E-state index contributed by atoms with van der Waals surface area (Å²) < 4.78 is 0. The molecule has 2 amide bonds. The number of pyridine rings is 1. The number of carbonyl (C=O) groups excluding carboxylic acids is 1. The Labute approximate surface area is 151 Å². The second-order valence-corrected chi connectivity index (χ2v) is 5.90. The molecule has 0 saturated carbocycles.